The van der Waals surface area contributed by atoms with E-state index in [-0.39, 0.29) is 17.9 Å². The van der Waals surface area contributed by atoms with Gasteiger partial charge < -0.3 is 14.8 Å². The second-order valence-corrected chi connectivity index (χ2v) is 10.7. The van der Waals surface area contributed by atoms with Crippen LogP contribution in [0.3, 0.4) is 0 Å². The van der Waals surface area contributed by atoms with Gasteiger partial charge in [-0.1, -0.05) is 44.0 Å². The van der Waals surface area contributed by atoms with Crippen LogP contribution in [-0.4, -0.2) is 32.9 Å². The first kappa shape index (κ1) is 21.3. The van der Waals surface area contributed by atoms with E-state index in [1.54, 1.807) is 16.2 Å². The van der Waals surface area contributed by atoms with Crippen molar-refractivity contribution in [2.45, 2.75) is 71.1 Å². The largest absolute Gasteiger partial charge is 0.351 e. The molecular weight excluding hydrogens is 418 g/mol. The molecule has 5 rings (SSSR count). The van der Waals surface area contributed by atoms with Gasteiger partial charge in [0.25, 0.3) is 5.91 Å². The number of aryl methyl sites for hydroxylation is 1. The molecule has 1 N–H and O–H groups in total. The summed E-state index contributed by atoms with van der Waals surface area (Å²) in [5, 5.41) is 5.40. The molecule has 1 fully saturated rings. The van der Waals surface area contributed by atoms with E-state index >= 15 is 0 Å². The van der Waals surface area contributed by atoms with Crippen molar-refractivity contribution in [1.82, 2.24) is 14.8 Å². The van der Waals surface area contributed by atoms with E-state index in [1.807, 2.05) is 35.1 Å². The van der Waals surface area contributed by atoms with Gasteiger partial charge in [-0.05, 0) is 61.2 Å². The Hall–Kier alpha value is -2.60. The minimum absolute atomic E-state index is 0.0408. The molecule has 168 valence electrons. The number of nitrogens with one attached hydrogen (secondary N) is 1. The van der Waals surface area contributed by atoms with E-state index in [0.29, 0.717) is 24.7 Å². The number of benzene rings is 1. The molecule has 3 aromatic rings. The third kappa shape index (κ3) is 3.45. The van der Waals surface area contributed by atoms with Gasteiger partial charge in [0.1, 0.15) is 11.2 Å². The van der Waals surface area contributed by atoms with Crippen molar-refractivity contribution in [2.24, 2.45) is 5.92 Å². The Morgan fingerprint density at radius 3 is 2.78 bits per heavy atom. The van der Waals surface area contributed by atoms with Crippen LogP contribution in [0.4, 0.5) is 0 Å². The summed E-state index contributed by atoms with van der Waals surface area (Å²) < 4.78 is 3.14. The van der Waals surface area contributed by atoms with Gasteiger partial charge in [-0.15, -0.1) is 11.3 Å². The number of aromatic nitrogens is 1. The van der Waals surface area contributed by atoms with Crippen molar-refractivity contribution in [2.75, 3.05) is 0 Å². The first-order valence-corrected chi connectivity index (χ1v) is 12.5. The second kappa shape index (κ2) is 8.07. The Kier molecular flexibility index (Phi) is 5.36. The summed E-state index contributed by atoms with van der Waals surface area (Å²) in [5.41, 5.74) is 2.96. The molecule has 0 radical (unpaired) electrons. The van der Waals surface area contributed by atoms with Crippen molar-refractivity contribution >= 4 is 33.4 Å². The predicted octanol–water partition coefficient (Wildman–Crippen LogP) is 5.12. The Balaban J connectivity index is 1.54. The van der Waals surface area contributed by atoms with Crippen LogP contribution in [0.1, 0.15) is 61.1 Å². The van der Waals surface area contributed by atoms with Gasteiger partial charge in [0.2, 0.25) is 5.91 Å². The summed E-state index contributed by atoms with van der Waals surface area (Å²) in [6.07, 6.45) is 4.53. The van der Waals surface area contributed by atoms with Crippen molar-refractivity contribution in [3.05, 3.63) is 58.6 Å². The van der Waals surface area contributed by atoms with Gasteiger partial charge in [0.05, 0.1) is 16.8 Å². The first-order chi connectivity index (χ1) is 15.4. The molecule has 1 aromatic carbocycles. The number of thiophene rings is 1. The van der Waals surface area contributed by atoms with Gasteiger partial charge in [0.15, 0.2) is 0 Å². The molecule has 0 unspecified atom stereocenters. The van der Waals surface area contributed by atoms with E-state index < -0.39 is 5.54 Å². The Morgan fingerprint density at radius 1 is 1.22 bits per heavy atom. The van der Waals surface area contributed by atoms with Gasteiger partial charge in [-0.25, -0.2) is 0 Å². The van der Waals surface area contributed by atoms with Crippen LogP contribution in [0.15, 0.2) is 41.8 Å². The quantitative estimate of drug-likeness (QED) is 0.601. The zero-order valence-electron chi connectivity index (χ0n) is 19.1. The van der Waals surface area contributed by atoms with Gasteiger partial charge in [-0.2, -0.15) is 0 Å². The van der Waals surface area contributed by atoms with Gasteiger partial charge >= 0.3 is 0 Å². The van der Waals surface area contributed by atoms with Crippen LogP contribution in [0, 0.1) is 12.8 Å². The summed E-state index contributed by atoms with van der Waals surface area (Å²) in [6.45, 7) is 7.11. The molecule has 0 spiro atoms. The highest BCUT2D eigenvalue weighted by Gasteiger charge is 2.48. The highest BCUT2D eigenvalue weighted by Crippen LogP contribution is 2.36. The SMILES string of the molecule is Cc1ccccc1CN1C(=O)c2cc3sccc3n2C[C@]1(C)C(=O)N[C@@H]1CCCC[C@H]1C. The Bertz CT molecular complexity index is 1180. The fraction of sp³-hybridized carbons (Fsp3) is 0.462. The summed E-state index contributed by atoms with van der Waals surface area (Å²) in [5.74, 6) is 0.351. The summed E-state index contributed by atoms with van der Waals surface area (Å²) in [4.78, 5) is 29.5. The number of hydrogen-bond acceptors (Lipinski definition) is 3. The number of fused-ring (bicyclic) bond motifs is 3. The van der Waals surface area contributed by atoms with Crippen molar-refractivity contribution in [1.29, 1.82) is 0 Å². The zero-order valence-corrected chi connectivity index (χ0v) is 19.9. The fourth-order valence-electron chi connectivity index (χ4n) is 5.33. The number of amides is 2. The maximum absolute atomic E-state index is 13.9. The van der Waals surface area contributed by atoms with Crippen LogP contribution < -0.4 is 5.32 Å². The van der Waals surface area contributed by atoms with E-state index in [0.717, 1.165) is 40.6 Å². The van der Waals surface area contributed by atoms with Gasteiger partial charge in [0, 0.05) is 12.6 Å². The lowest BCUT2D eigenvalue weighted by Gasteiger charge is -2.45. The molecule has 2 aliphatic rings. The Labute approximate surface area is 193 Å². The molecule has 32 heavy (non-hydrogen) atoms. The van der Waals surface area contributed by atoms with E-state index in [9.17, 15) is 9.59 Å². The maximum Gasteiger partial charge on any atom is 0.271 e. The summed E-state index contributed by atoms with van der Waals surface area (Å²) in [7, 11) is 0. The summed E-state index contributed by atoms with van der Waals surface area (Å²) in [6, 6.07) is 12.3. The molecule has 3 atom stereocenters. The number of carbonyl (C=O) groups is 2. The molecule has 2 aromatic heterocycles. The summed E-state index contributed by atoms with van der Waals surface area (Å²) >= 11 is 1.64. The average Bonchev–Trinajstić information content (AvgIpc) is 3.36. The number of nitrogens with zero attached hydrogens (tertiary/aromatic N) is 2. The van der Waals surface area contributed by atoms with Crippen molar-refractivity contribution < 1.29 is 9.59 Å². The van der Waals surface area contributed by atoms with E-state index in [2.05, 4.69) is 37.4 Å². The molecule has 1 saturated carbocycles. The topological polar surface area (TPSA) is 54.3 Å². The minimum atomic E-state index is -0.961. The number of carbonyl (C=O) groups excluding carboxylic acids is 2. The van der Waals surface area contributed by atoms with Crippen LogP contribution in [0.25, 0.3) is 10.2 Å². The molecule has 5 nitrogen and oxygen atoms in total. The highest BCUT2D eigenvalue weighted by atomic mass is 32.1. The first-order valence-electron chi connectivity index (χ1n) is 11.6. The molecule has 0 saturated heterocycles. The number of hydrogen-bond donors (Lipinski definition) is 1. The normalized spacial score (nSPS) is 25.7. The lowest BCUT2D eigenvalue weighted by Crippen LogP contribution is -2.65. The minimum Gasteiger partial charge on any atom is -0.351 e. The van der Waals surface area contributed by atoms with Crippen LogP contribution >= 0.6 is 11.3 Å². The Morgan fingerprint density at radius 2 is 2.00 bits per heavy atom. The molecule has 1 aliphatic carbocycles. The molecule has 3 heterocycles. The fourth-order valence-corrected chi connectivity index (χ4v) is 6.16. The third-order valence-corrected chi connectivity index (χ3v) is 8.41. The molecule has 0 bridgehead atoms. The average molecular weight is 450 g/mol. The second-order valence-electron chi connectivity index (χ2n) is 9.72. The van der Waals surface area contributed by atoms with Crippen molar-refractivity contribution in [3.63, 3.8) is 0 Å². The van der Waals surface area contributed by atoms with Crippen molar-refractivity contribution in [3.8, 4) is 0 Å². The van der Waals surface area contributed by atoms with E-state index in [1.165, 1.54) is 6.42 Å². The third-order valence-electron chi connectivity index (χ3n) is 7.56. The maximum atomic E-state index is 13.9. The molecule has 2 amide bonds. The monoisotopic (exact) mass is 449 g/mol. The van der Waals surface area contributed by atoms with Crippen LogP contribution in [-0.2, 0) is 17.9 Å². The molecular formula is C26H31N3O2S. The van der Waals surface area contributed by atoms with Crippen LogP contribution in [0.5, 0.6) is 0 Å². The smallest absolute Gasteiger partial charge is 0.271 e. The molecule has 1 aliphatic heterocycles. The lowest BCUT2D eigenvalue weighted by molar-refractivity contribution is -0.134. The standard InChI is InChI=1S/C26H31N3O2S/c1-17-8-4-6-10-19(17)15-29-24(30)22-14-23-21(12-13-32-23)28(22)16-26(29,3)25(31)27-20-11-7-5-9-18(20)2/h4,6,8,10,12-14,18,20H,5,7,9,11,15-16H2,1-3H3,(H,27,31)/t18-,20-,26-/m1/s1. The predicted molar refractivity (Wildman–Crippen MR) is 129 cm³/mol. The van der Waals surface area contributed by atoms with Crippen LogP contribution in [0.2, 0.25) is 0 Å². The molecule has 6 heteroatoms. The zero-order chi connectivity index (χ0) is 22.5. The van der Waals surface area contributed by atoms with E-state index in [4.69, 9.17) is 0 Å². The van der Waals surface area contributed by atoms with Gasteiger partial charge in [-0.3, -0.25) is 9.59 Å². The number of rotatable bonds is 4. The highest BCUT2D eigenvalue weighted by molar-refractivity contribution is 7.17. The lowest BCUT2D eigenvalue weighted by atomic mass is 9.84.